The van der Waals surface area contributed by atoms with E-state index in [1.54, 1.807) is 6.21 Å². The van der Waals surface area contributed by atoms with E-state index in [9.17, 15) is 0 Å². The van der Waals surface area contributed by atoms with Crippen LogP contribution in [0.5, 0.6) is 0 Å². The Labute approximate surface area is 77.5 Å². The van der Waals surface area contributed by atoms with Crippen molar-refractivity contribution in [2.75, 3.05) is 13.2 Å². The Morgan fingerprint density at radius 3 is 2.38 bits per heavy atom. The van der Waals surface area contributed by atoms with Crippen molar-refractivity contribution in [1.29, 1.82) is 0 Å². The van der Waals surface area contributed by atoms with Gasteiger partial charge < -0.3 is 14.7 Å². The molecule has 1 heterocycles. The SMILES string of the molecule is O/N=C/C1CCC2(CC1)OCCO2. The summed E-state index contributed by atoms with van der Waals surface area (Å²) in [5, 5.41) is 11.5. The summed E-state index contributed by atoms with van der Waals surface area (Å²) in [4.78, 5) is 0. The van der Waals surface area contributed by atoms with Gasteiger partial charge in [0.15, 0.2) is 5.79 Å². The van der Waals surface area contributed by atoms with Crippen LogP contribution in [0.15, 0.2) is 5.16 Å². The second-order valence-corrected chi connectivity index (χ2v) is 3.71. The summed E-state index contributed by atoms with van der Waals surface area (Å²) in [6.45, 7) is 1.44. The van der Waals surface area contributed by atoms with E-state index in [-0.39, 0.29) is 5.79 Å². The molecule has 74 valence electrons. The summed E-state index contributed by atoms with van der Waals surface area (Å²) in [6, 6.07) is 0. The lowest BCUT2D eigenvalue weighted by molar-refractivity contribution is -0.179. The predicted molar refractivity (Wildman–Crippen MR) is 46.9 cm³/mol. The molecular weight excluding hydrogens is 170 g/mol. The lowest BCUT2D eigenvalue weighted by atomic mass is 9.86. The molecule has 1 aliphatic heterocycles. The minimum absolute atomic E-state index is 0.292. The van der Waals surface area contributed by atoms with E-state index in [0.717, 1.165) is 38.9 Å². The van der Waals surface area contributed by atoms with Gasteiger partial charge in [-0.1, -0.05) is 0 Å². The van der Waals surface area contributed by atoms with Crippen molar-refractivity contribution in [3.8, 4) is 0 Å². The largest absolute Gasteiger partial charge is 0.411 e. The van der Waals surface area contributed by atoms with Crippen molar-refractivity contribution in [2.45, 2.75) is 31.5 Å². The normalized spacial score (nSPS) is 28.9. The fourth-order valence-electron chi connectivity index (χ4n) is 2.11. The van der Waals surface area contributed by atoms with Gasteiger partial charge in [-0.15, -0.1) is 5.16 Å². The Morgan fingerprint density at radius 2 is 1.85 bits per heavy atom. The molecular formula is C9H15NO3. The Balaban J connectivity index is 1.88. The molecule has 1 saturated carbocycles. The summed E-state index contributed by atoms with van der Waals surface area (Å²) in [5.74, 6) is 0.100. The van der Waals surface area contributed by atoms with Gasteiger partial charge in [-0.05, 0) is 18.8 Å². The summed E-state index contributed by atoms with van der Waals surface area (Å²) >= 11 is 0. The molecule has 0 aromatic rings. The number of ether oxygens (including phenoxy) is 2. The predicted octanol–water partition coefficient (Wildman–Crippen LogP) is 1.38. The molecule has 2 aliphatic rings. The number of nitrogens with zero attached hydrogens (tertiary/aromatic N) is 1. The number of hydrogen-bond donors (Lipinski definition) is 1. The molecule has 4 nitrogen and oxygen atoms in total. The first-order chi connectivity index (χ1) is 6.35. The highest BCUT2D eigenvalue weighted by Crippen LogP contribution is 2.37. The van der Waals surface area contributed by atoms with Crippen LogP contribution in [0, 0.1) is 5.92 Å². The van der Waals surface area contributed by atoms with Crippen molar-refractivity contribution in [2.24, 2.45) is 11.1 Å². The van der Waals surface area contributed by atoms with Gasteiger partial charge in [0.25, 0.3) is 0 Å². The monoisotopic (exact) mass is 185 g/mol. The van der Waals surface area contributed by atoms with Gasteiger partial charge in [-0.2, -0.15) is 0 Å². The average Bonchev–Trinajstić information content (AvgIpc) is 2.59. The van der Waals surface area contributed by atoms with E-state index in [2.05, 4.69) is 5.16 Å². The number of oxime groups is 1. The molecule has 0 aromatic heterocycles. The van der Waals surface area contributed by atoms with Crippen LogP contribution in [0.25, 0.3) is 0 Å². The van der Waals surface area contributed by atoms with E-state index >= 15 is 0 Å². The van der Waals surface area contributed by atoms with Crippen molar-refractivity contribution in [3.05, 3.63) is 0 Å². The van der Waals surface area contributed by atoms with E-state index in [0.29, 0.717) is 5.92 Å². The first-order valence-electron chi connectivity index (χ1n) is 4.80. The van der Waals surface area contributed by atoms with Crippen molar-refractivity contribution < 1.29 is 14.7 Å². The Hall–Kier alpha value is -0.610. The number of rotatable bonds is 1. The Morgan fingerprint density at radius 1 is 1.23 bits per heavy atom. The van der Waals surface area contributed by atoms with Crippen LogP contribution in [0.1, 0.15) is 25.7 Å². The number of hydrogen-bond acceptors (Lipinski definition) is 4. The van der Waals surface area contributed by atoms with Crippen LogP contribution in [-0.2, 0) is 9.47 Å². The molecule has 0 unspecified atom stereocenters. The van der Waals surface area contributed by atoms with Crippen molar-refractivity contribution in [1.82, 2.24) is 0 Å². The zero-order valence-corrected chi connectivity index (χ0v) is 7.61. The second-order valence-electron chi connectivity index (χ2n) is 3.71. The van der Waals surface area contributed by atoms with E-state index in [1.165, 1.54) is 0 Å². The molecule has 1 aliphatic carbocycles. The van der Waals surface area contributed by atoms with Crippen molar-refractivity contribution in [3.63, 3.8) is 0 Å². The molecule has 4 heteroatoms. The molecule has 2 fully saturated rings. The average molecular weight is 185 g/mol. The Bertz CT molecular complexity index is 189. The molecule has 0 aromatic carbocycles. The summed E-state index contributed by atoms with van der Waals surface area (Å²) < 4.78 is 11.2. The standard InChI is InChI=1S/C9H15NO3/c11-10-7-8-1-3-9(4-2-8)12-5-6-13-9/h7-8,11H,1-6H2/b10-7+. The Kier molecular flexibility index (Phi) is 2.51. The molecule has 0 atom stereocenters. The first kappa shape index (κ1) is 8.97. The molecule has 0 amide bonds. The minimum atomic E-state index is -0.292. The van der Waals surface area contributed by atoms with Crippen LogP contribution in [0.4, 0.5) is 0 Å². The van der Waals surface area contributed by atoms with E-state index in [1.807, 2.05) is 0 Å². The van der Waals surface area contributed by atoms with Gasteiger partial charge in [0, 0.05) is 19.1 Å². The molecule has 0 bridgehead atoms. The lowest BCUT2D eigenvalue weighted by Crippen LogP contribution is -2.35. The van der Waals surface area contributed by atoms with E-state index in [4.69, 9.17) is 14.7 Å². The highest BCUT2D eigenvalue weighted by molar-refractivity contribution is 5.59. The fraction of sp³-hybridized carbons (Fsp3) is 0.889. The molecule has 1 spiro atoms. The lowest BCUT2D eigenvalue weighted by Gasteiger charge is -2.33. The topological polar surface area (TPSA) is 51.1 Å². The quantitative estimate of drug-likeness (QED) is 0.381. The van der Waals surface area contributed by atoms with Crippen LogP contribution >= 0.6 is 0 Å². The highest BCUT2D eigenvalue weighted by Gasteiger charge is 2.39. The summed E-state index contributed by atoms with van der Waals surface area (Å²) in [7, 11) is 0. The third kappa shape index (κ3) is 1.84. The van der Waals surface area contributed by atoms with Gasteiger partial charge in [0.1, 0.15) is 0 Å². The molecule has 1 saturated heterocycles. The van der Waals surface area contributed by atoms with Crippen LogP contribution in [0.2, 0.25) is 0 Å². The molecule has 1 N–H and O–H groups in total. The first-order valence-corrected chi connectivity index (χ1v) is 4.80. The summed E-state index contributed by atoms with van der Waals surface area (Å²) in [5.41, 5.74) is 0. The zero-order valence-electron chi connectivity index (χ0n) is 7.61. The smallest absolute Gasteiger partial charge is 0.168 e. The maximum atomic E-state index is 8.38. The third-order valence-corrected chi connectivity index (χ3v) is 2.88. The maximum absolute atomic E-state index is 8.38. The van der Waals surface area contributed by atoms with Gasteiger partial charge in [0.05, 0.1) is 13.2 Å². The van der Waals surface area contributed by atoms with E-state index < -0.39 is 0 Å². The second kappa shape index (κ2) is 3.64. The van der Waals surface area contributed by atoms with Crippen LogP contribution < -0.4 is 0 Å². The maximum Gasteiger partial charge on any atom is 0.168 e. The minimum Gasteiger partial charge on any atom is -0.411 e. The van der Waals surface area contributed by atoms with Gasteiger partial charge in [0.2, 0.25) is 0 Å². The van der Waals surface area contributed by atoms with Gasteiger partial charge in [-0.3, -0.25) is 0 Å². The van der Waals surface area contributed by atoms with Gasteiger partial charge >= 0.3 is 0 Å². The van der Waals surface area contributed by atoms with Gasteiger partial charge in [-0.25, -0.2) is 0 Å². The highest BCUT2D eigenvalue weighted by atomic mass is 16.7. The molecule has 2 rings (SSSR count). The zero-order chi connectivity index (χ0) is 9.15. The molecule has 13 heavy (non-hydrogen) atoms. The van der Waals surface area contributed by atoms with Crippen molar-refractivity contribution >= 4 is 6.21 Å². The fourth-order valence-corrected chi connectivity index (χ4v) is 2.11. The van der Waals surface area contributed by atoms with Crippen LogP contribution in [0.3, 0.4) is 0 Å². The molecule has 0 radical (unpaired) electrons. The third-order valence-electron chi connectivity index (χ3n) is 2.88. The van der Waals surface area contributed by atoms with Crippen LogP contribution in [-0.4, -0.2) is 30.4 Å². The summed E-state index contributed by atoms with van der Waals surface area (Å²) in [6.07, 6.45) is 5.43.